The molecule has 1 aliphatic heterocycles. The highest BCUT2D eigenvalue weighted by molar-refractivity contribution is 6.06. The summed E-state index contributed by atoms with van der Waals surface area (Å²) in [5.41, 5.74) is 2.09. The molecule has 2 nitrogen and oxygen atoms in total. The normalized spacial score (nSPS) is 21.6. The zero-order valence-electron chi connectivity index (χ0n) is 6.13. The lowest BCUT2D eigenvalue weighted by atomic mass is 9.94. The molecule has 0 amide bonds. The molecule has 56 valence electrons. The second-order valence-corrected chi connectivity index (χ2v) is 2.69. The number of carbonyl (C=O) groups is 1. The summed E-state index contributed by atoms with van der Waals surface area (Å²) in [5, 5.41) is 3.02. The van der Waals surface area contributed by atoms with Crippen LogP contribution in [-0.4, -0.2) is 12.3 Å². The third kappa shape index (κ3) is 1.00. The molecular weight excluding hydrogens is 138 g/mol. The first kappa shape index (κ1) is 6.40. The number of hydrogen-bond acceptors (Lipinski definition) is 2. The molecule has 2 rings (SSSR count). The van der Waals surface area contributed by atoms with Gasteiger partial charge in [-0.15, -0.1) is 0 Å². The zero-order chi connectivity index (χ0) is 7.68. The molecule has 0 radical (unpaired) electrons. The zero-order valence-corrected chi connectivity index (χ0v) is 6.13. The van der Waals surface area contributed by atoms with Gasteiger partial charge in [0.15, 0.2) is 5.78 Å². The summed E-state index contributed by atoms with van der Waals surface area (Å²) in [4.78, 5) is 11.2. The molecule has 0 unspecified atom stereocenters. The predicted molar refractivity (Wildman–Crippen MR) is 42.9 cm³/mol. The fraction of sp³-hybridized carbons (Fsp3) is 0.222. The Morgan fingerprint density at radius 3 is 3.09 bits per heavy atom. The van der Waals surface area contributed by atoms with Crippen LogP contribution in [0.3, 0.4) is 0 Å². The second-order valence-electron chi connectivity index (χ2n) is 2.69. The average Bonchev–Trinajstić information content (AvgIpc) is 2.06. The molecule has 1 aliphatic carbocycles. The molecular formula is C9H9NO. The van der Waals surface area contributed by atoms with Crippen molar-refractivity contribution in [3.63, 3.8) is 0 Å². The van der Waals surface area contributed by atoms with Gasteiger partial charge < -0.3 is 5.32 Å². The minimum Gasteiger partial charge on any atom is -0.387 e. The van der Waals surface area contributed by atoms with Crippen molar-refractivity contribution >= 4 is 5.78 Å². The highest BCUT2D eigenvalue weighted by Gasteiger charge is 2.15. The van der Waals surface area contributed by atoms with Crippen LogP contribution in [0.1, 0.15) is 6.42 Å². The number of nitrogens with one attached hydrogen (secondary N) is 1. The van der Waals surface area contributed by atoms with Crippen molar-refractivity contribution in [2.24, 2.45) is 0 Å². The number of rotatable bonds is 0. The van der Waals surface area contributed by atoms with Crippen LogP contribution in [-0.2, 0) is 4.79 Å². The fourth-order valence-corrected chi connectivity index (χ4v) is 1.36. The van der Waals surface area contributed by atoms with Crippen LogP contribution in [0.15, 0.2) is 35.6 Å². The second kappa shape index (κ2) is 2.38. The molecule has 0 spiro atoms. The molecule has 2 heteroatoms. The van der Waals surface area contributed by atoms with E-state index in [2.05, 4.69) is 5.32 Å². The van der Waals surface area contributed by atoms with E-state index in [-0.39, 0.29) is 5.78 Å². The minimum atomic E-state index is 0.156. The van der Waals surface area contributed by atoms with Crippen LogP contribution in [0.2, 0.25) is 0 Å². The summed E-state index contributed by atoms with van der Waals surface area (Å²) in [5.74, 6) is 0.156. The van der Waals surface area contributed by atoms with Crippen molar-refractivity contribution in [1.29, 1.82) is 0 Å². The van der Waals surface area contributed by atoms with E-state index in [0.29, 0.717) is 6.54 Å². The largest absolute Gasteiger partial charge is 0.387 e. The van der Waals surface area contributed by atoms with Gasteiger partial charge >= 0.3 is 0 Å². The maximum atomic E-state index is 11.2. The van der Waals surface area contributed by atoms with Gasteiger partial charge in [-0.25, -0.2) is 0 Å². The topological polar surface area (TPSA) is 29.1 Å². The van der Waals surface area contributed by atoms with Gasteiger partial charge in [-0.1, -0.05) is 6.08 Å². The molecule has 0 atom stereocenters. The summed E-state index contributed by atoms with van der Waals surface area (Å²) < 4.78 is 0. The lowest BCUT2D eigenvalue weighted by molar-refractivity contribution is -0.111. The Hall–Kier alpha value is -1.31. The summed E-state index contributed by atoms with van der Waals surface area (Å²) in [6.07, 6.45) is 8.33. The van der Waals surface area contributed by atoms with Gasteiger partial charge in [0.05, 0.1) is 0 Å². The molecule has 0 aromatic carbocycles. The van der Waals surface area contributed by atoms with Crippen molar-refractivity contribution in [3.05, 3.63) is 35.6 Å². The van der Waals surface area contributed by atoms with Crippen molar-refractivity contribution in [2.45, 2.75) is 6.42 Å². The number of carbonyl (C=O) groups excluding carboxylic acids is 1. The smallest absolute Gasteiger partial charge is 0.183 e. The lowest BCUT2D eigenvalue weighted by Gasteiger charge is -2.16. The van der Waals surface area contributed by atoms with Crippen LogP contribution in [0, 0.1) is 0 Å². The molecule has 1 N–H and O–H groups in total. The van der Waals surface area contributed by atoms with Gasteiger partial charge in [-0.05, 0) is 30.3 Å². The molecule has 0 saturated carbocycles. The molecule has 11 heavy (non-hydrogen) atoms. The third-order valence-electron chi connectivity index (χ3n) is 1.97. The SMILES string of the molecule is O=C1C=CCC2=C1CNC=C2. The third-order valence-corrected chi connectivity index (χ3v) is 1.97. The highest BCUT2D eigenvalue weighted by atomic mass is 16.1. The van der Waals surface area contributed by atoms with Crippen molar-refractivity contribution in [2.75, 3.05) is 6.54 Å². The summed E-state index contributed by atoms with van der Waals surface area (Å²) in [6, 6.07) is 0. The first-order valence-electron chi connectivity index (χ1n) is 3.71. The quantitative estimate of drug-likeness (QED) is 0.552. The Kier molecular flexibility index (Phi) is 1.39. The first-order chi connectivity index (χ1) is 5.38. The fourth-order valence-electron chi connectivity index (χ4n) is 1.36. The van der Waals surface area contributed by atoms with E-state index in [1.807, 2.05) is 18.4 Å². The van der Waals surface area contributed by atoms with Crippen molar-refractivity contribution < 1.29 is 4.79 Å². The van der Waals surface area contributed by atoms with Crippen molar-refractivity contribution in [1.82, 2.24) is 5.32 Å². The Morgan fingerprint density at radius 1 is 1.36 bits per heavy atom. The van der Waals surface area contributed by atoms with E-state index in [1.54, 1.807) is 6.08 Å². The highest BCUT2D eigenvalue weighted by Crippen LogP contribution is 2.19. The van der Waals surface area contributed by atoms with E-state index < -0.39 is 0 Å². The molecule has 1 heterocycles. The van der Waals surface area contributed by atoms with Gasteiger partial charge in [0.2, 0.25) is 0 Å². The van der Waals surface area contributed by atoms with E-state index in [9.17, 15) is 4.79 Å². The maximum Gasteiger partial charge on any atom is 0.183 e. The number of ketones is 1. The Bertz CT molecular complexity index is 284. The van der Waals surface area contributed by atoms with E-state index in [1.165, 1.54) is 0 Å². The van der Waals surface area contributed by atoms with Crippen LogP contribution in [0.25, 0.3) is 0 Å². The van der Waals surface area contributed by atoms with Gasteiger partial charge in [-0.3, -0.25) is 4.79 Å². The van der Waals surface area contributed by atoms with Gasteiger partial charge in [-0.2, -0.15) is 0 Å². The summed E-state index contributed by atoms with van der Waals surface area (Å²) in [6.45, 7) is 0.689. The standard InChI is InChI=1S/C9H9NO/c11-9-3-1-2-7-4-5-10-6-8(7)9/h1,3-5,10H,2,6H2. The van der Waals surface area contributed by atoms with Gasteiger partial charge in [0.1, 0.15) is 0 Å². The van der Waals surface area contributed by atoms with Crippen LogP contribution in [0.5, 0.6) is 0 Å². The molecule has 0 aromatic heterocycles. The average molecular weight is 147 g/mol. The molecule has 0 aromatic rings. The van der Waals surface area contributed by atoms with Crippen LogP contribution >= 0.6 is 0 Å². The van der Waals surface area contributed by atoms with Gasteiger partial charge in [0.25, 0.3) is 0 Å². The van der Waals surface area contributed by atoms with E-state index in [4.69, 9.17) is 0 Å². The van der Waals surface area contributed by atoms with E-state index in [0.717, 1.165) is 17.6 Å². The molecule has 0 saturated heterocycles. The number of dihydropyridines is 1. The summed E-state index contributed by atoms with van der Waals surface area (Å²) in [7, 11) is 0. The summed E-state index contributed by atoms with van der Waals surface area (Å²) >= 11 is 0. The Balaban J connectivity index is 2.39. The van der Waals surface area contributed by atoms with Crippen molar-refractivity contribution in [3.8, 4) is 0 Å². The Morgan fingerprint density at radius 2 is 2.27 bits per heavy atom. The molecule has 2 aliphatic rings. The van der Waals surface area contributed by atoms with Gasteiger partial charge in [0, 0.05) is 12.1 Å². The monoisotopic (exact) mass is 147 g/mol. The van der Waals surface area contributed by atoms with Crippen LogP contribution in [0.4, 0.5) is 0 Å². The minimum absolute atomic E-state index is 0.156. The molecule has 0 fully saturated rings. The maximum absolute atomic E-state index is 11.2. The number of hydrogen-bond donors (Lipinski definition) is 1. The molecule has 0 bridgehead atoms. The van der Waals surface area contributed by atoms with E-state index >= 15 is 0 Å². The first-order valence-corrected chi connectivity index (χ1v) is 3.71. The predicted octanol–water partition coefficient (Wildman–Crippen LogP) is 0.929. The van der Waals surface area contributed by atoms with Crippen LogP contribution < -0.4 is 5.32 Å². The number of allylic oxidation sites excluding steroid dienone is 4. The Labute approximate surface area is 65.3 Å². The lowest BCUT2D eigenvalue weighted by Crippen LogP contribution is -2.21.